The molecule has 4 aliphatic rings. The first-order valence-electron chi connectivity index (χ1n) is 18.3. The zero-order valence-corrected chi connectivity index (χ0v) is 29.8. The summed E-state index contributed by atoms with van der Waals surface area (Å²) in [6.45, 7) is 0.652. The molecule has 0 spiro atoms. The lowest BCUT2D eigenvalue weighted by molar-refractivity contribution is -0.139. The summed E-state index contributed by atoms with van der Waals surface area (Å²) in [6, 6.07) is 17.3. The van der Waals surface area contributed by atoms with Crippen molar-refractivity contribution in [2.24, 2.45) is 47.2 Å². The van der Waals surface area contributed by atoms with Gasteiger partial charge >= 0.3 is 5.97 Å². The molecule has 256 valence electrons. The van der Waals surface area contributed by atoms with E-state index in [2.05, 4.69) is 66.8 Å². The summed E-state index contributed by atoms with van der Waals surface area (Å²) in [7, 11) is 3.98. The fourth-order valence-corrected chi connectivity index (χ4v) is 11.3. The van der Waals surface area contributed by atoms with E-state index in [1.54, 1.807) is 0 Å². The van der Waals surface area contributed by atoms with Gasteiger partial charge in [0.1, 0.15) is 0 Å². The predicted octanol–water partition coefficient (Wildman–Crippen LogP) is 9.65. The van der Waals surface area contributed by atoms with Crippen LogP contribution in [0.25, 0.3) is 0 Å². The molecule has 2 aromatic carbocycles. The van der Waals surface area contributed by atoms with E-state index in [9.17, 15) is 15.0 Å². The van der Waals surface area contributed by atoms with E-state index >= 15 is 0 Å². The molecule has 1 fully saturated rings. The summed E-state index contributed by atoms with van der Waals surface area (Å²) in [6.07, 6.45) is 24.3. The minimum absolute atomic E-state index is 0.0649. The third-order valence-corrected chi connectivity index (χ3v) is 13.7. The Morgan fingerprint density at radius 1 is 0.872 bits per heavy atom. The summed E-state index contributed by atoms with van der Waals surface area (Å²) in [5.74, 6) is 4.02. The van der Waals surface area contributed by atoms with Gasteiger partial charge in [-0.05, 0) is 115 Å². The van der Waals surface area contributed by atoms with E-state index in [1.165, 1.54) is 61.6 Å². The van der Waals surface area contributed by atoms with E-state index in [4.69, 9.17) is 5.73 Å². The van der Waals surface area contributed by atoms with Gasteiger partial charge in [0.2, 0.25) is 0 Å². The number of fused-ring (bicyclic) bond motifs is 7. The molecule has 0 unspecified atom stereocenters. The van der Waals surface area contributed by atoms with Gasteiger partial charge < -0.3 is 15.9 Å². The molecule has 6 heteroatoms. The maximum absolute atomic E-state index is 12.3. The molecule has 47 heavy (non-hydrogen) atoms. The second-order valence-corrected chi connectivity index (χ2v) is 17.0. The number of allylic oxidation sites excluding steroid dienone is 4. The second-order valence-electron chi connectivity index (χ2n) is 14.5. The van der Waals surface area contributed by atoms with Gasteiger partial charge in [-0.25, -0.2) is 0 Å². The summed E-state index contributed by atoms with van der Waals surface area (Å²) in [5, 5.41) is 20.0. The molecule has 1 saturated carbocycles. The van der Waals surface area contributed by atoms with Crippen molar-refractivity contribution in [3.8, 4) is 0 Å². The van der Waals surface area contributed by atoms with Crippen molar-refractivity contribution >= 4 is 27.6 Å². The number of nitrogens with two attached hydrogens (primary N) is 1. The van der Waals surface area contributed by atoms with Crippen LogP contribution in [0.4, 0.5) is 0 Å². The van der Waals surface area contributed by atoms with Crippen molar-refractivity contribution < 1.29 is 15.0 Å². The maximum atomic E-state index is 12.3. The van der Waals surface area contributed by atoms with Crippen LogP contribution < -0.4 is 5.73 Å². The fourth-order valence-electron chi connectivity index (χ4n) is 8.74. The predicted molar refractivity (Wildman–Crippen MR) is 200 cm³/mol. The van der Waals surface area contributed by atoms with Crippen LogP contribution in [0.1, 0.15) is 92.9 Å². The first-order chi connectivity index (χ1) is 23.0. The highest BCUT2D eigenvalue weighted by atomic mass is 33.1. The zero-order valence-electron chi connectivity index (χ0n) is 28.2. The van der Waals surface area contributed by atoms with Crippen LogP contribution in [0.5, 0.6) is 0 Å². The van der Waals surface area contributed by atoms with Crippen molar-refractivity contribution in [2.45, 2.75) is 95.8 Å². The summed E-state index contributed by atoms with van der Waals surface area (Å²) in [5.41, 5.74) is 11.3. The standard InChI is InChI=1S/C41H57NO3S2/c42-21-20-39-35-18-19-36(40(39)26-41(44)45)24-33-16-7-8-17-37(33)28-46-47-29-38(23-31-13-9-14-32(22-31)27-43)34(25-35)15-6-2-5-12-30-10-3-1-4-11-30/h2,6-9,13-14,16-19,22,30,34-36,38-40,43H,1,3-5,10-12,15,20-21,23-29,42H2,(H,44,45)/t34-,35+,36-,38+,39+,40+/m1/s1. The number of carboxylic acid groups (broad SMARTS) is 1. The molecule has 6 atom stereocenters. The van der Waals surface area contributed by atoms with Crippen molar-refractivity contribution in [3.05, 3.63) is 95.1 Å². The molecule has 2 aliphatic heterocycles. The van der Waals surface area contributed by atoms with Gasteiger partial charge in [0.25, 0.3) is 0 Å². The second kappa shape index (κ2) is 19.3. The van der Waals surface area contributed by atoms with Gasteiger partial charge in [0.05, 0.1) is 6.61 Å². The lowest BCUT2D eigenvalue weighted by Crippen LogP contribution is -2.37. The number of hydrogen-bond donors (Lipinski definition) is 3. The van der Waals surface area contributed by atoms with Crippen LogP contribution in [0, 0.1) is 41.4 Å². The Morgan fingerprint density at radius 2 is 1.66 bits per heavy atom. The maximum Gasteiger partial charge on any atom is 0.303 e. The molecule has 2 aliphatic carbocycles. The van der Waals surface area contributed by atoms with Gasteiger partial charge in [0.15, 0.2) is 0 Å². The summed E-state index contributed by atoms with van der Waals surface area (Å²) in [4.78, 5) is 12.3. The SMILES string of the molecule is NCC[C@@H]1[C@@H](CC(=O)O)[C@@H]2C=C[C@H]1C[C@@H](CC=CCCC1CCCCC1)[C@@H](Cc1cccc(CO)c1)CSSCc1ccccc1C2. The molecule has 2 aromatic rings. The van der Waals surface area contributed by atoms with E-state index in [1.807, 2.05) is 27.7 Å². The Bertz CT molecular complexity index is 1310. The van der Waals surface area contributed by atoms with E-state index in [0.29, 0.717) is 24.3 Å². The molecule has 6 rings (SSSR count). The van der Waals surface area contributed by atoms with Gasteiger partial charge in [-0.15, -0.1) is 0 Å². The van der Waals surface area contributed by atoms with Crippen LogP contribution in [-0.2, 0) is 30.0 Å². The molecule has 4 nitrogen and oxygen atoms in total. The molecule has 4 N–H and O–H groups in total. The number of aliphatic hydroxyl groups is 1. The first-order valence-corrected chi connectivity index (χ1v) is 20.8. The monoisotopic (exact) mass is 675 g/mol. The number of carbonyl (C=O) groups is 1. The van der Waals surface area contributed by atoms with Gasteiger partial charge in [-0.1, -0.05) is 127 Å². The topological polar surface area (TPSA) is 83.6 Å². The lowest BCUT2D eigenvalue weighted by atomic mass is 9.63. The van der Waals surface area contributed by atoms with Crippen molar-refractivity contribution in [2.75, 3.05) is 12.3 Å². The normalized spacial score (nSPS) is 27.4. The first kappa shape index (κ1) is 36.3. The fraction of sp³-hybridized carbons (Fsp3) is 0.585. The van der Waals surface area contributed by atoms with Gasteiger partial charge in [-0.3, -0.25) is 4.79 Å². The number of benzene rings is 2. The number of rotatable bonds is 12. The third kappa shape index (κ3) is 11.0. The van der Waals surface area contributed by atoms with Crippen LogP contribution in [-0.4, -0.2) is 28.5 Å². The summed E-state index contributed by atoms with van der Waals surface area (Å²) >= 11 is 0. The highest BCUT2D eigenvalue weighted by Gasteiger charge is 2.39. The van der Waals surface area contributed by atoms with E-state index < -0.39 is 5.97 Å². The third-order valence-electron chi connectivity index (χ3n) is 11.3. The minimum atomic E-state index is -0.698. The lowest BCUT2D eigenvalue weighted by Gasteiger charge is -2.42. The van der Waals surface area contributed by atoms with Crippen molar-refractivity contribution in [3.63, 3.8) is 0 Å². The average molecular weight is 676 g/mol. The van der Waals surface area contributed by atoms with E-state index in [0.717, 1.165) is 55.1 Å². The Balaban J connectivity index is 1.45. The smallest absolute Gasteiger partial charge is 0.303 e. The number of carboxylic acids is 1. The Labute approximate surface area is 291 Å². The number of aliphatic carboxylic acids is 1. The molecule has 2 heterocycles. The Hall–Kier alpha value is -1.99. The Kier molecular flexibility index (Phi) is 14.9. The highest BCUT2D eigenvalue weighted by molar-refractivity contribution is 8.76. The molecule has 0 amide bonds. The number of aliphatic hydroxyl groups excluding tert-OH is 1. The van der Waals surface area contributed by atoms with Crippen molar-refractivity contribution in [1.29, 1.82) is 0 Å². The highest BCUT2D eigenvalue weighted by Crippen LogP contribution is 2.46. The molecule has 0 saturated heterocycles. The quantitative estimate of drug-likeness (QED) is 0.154. The molecule has 2 bridgehead atoms. The minimum Gasteiger partial charge on any atom is -0.481 e. The molecular formula is C41H57NO3S2. The van der Waals surface area contributed by atoms with Crippen LogP contribution in [0.3, 0.4) is 0 Å². The Morgan fingerprint density at radius 3 is 2.45 bits per heavy atom. The molecular weight excluding hydrogens is 619 g/mol. The summed E-state index contributed by atoms with van der Waals surface area (Å²) < 4.78 is 0. The van der Waals surface area contributed by atoms with Gasteiger partial charge in [0, 0.05) is 17.9 Å². The zero-order chi connectivity index (χ0) is 32.8. The van der Waals surface area contributed by atoms with Crippen molar-refractivity contribution in [1.82, 2.24) is 0 Å². The molecule has 0 aromatic heterocycles. The van der Waals surface area contributed by atoms with Crippen LogP contribution in [0.15, 0.2) is 72.8 Å². The van der Waals surface area contributed by atoms with Crippen LogP contribution >= 0.6 is 21.6 Å². The average Bonchev–Trinajstić information content (AvgIpc) is 3.08. The van der Waals surface area contributed by atoms with Gasteiger partial charge in [-0.2, -0.15) is 0 Å². The number of hydrogen-bond acceptors (Lipinski definition) is 5. The van der Waals surface area contributed by atoms with E-state index in [-0.39, 0.29) is 30.8 Å². The van der Waals surface area contributed by atoms with Crippen LogP contribution in [0.2, 0.25) is 0 Å². The molecule has 0 radical (unpaired) electrons. The largest absolute Gasteiger partial charge is 0.481 e.